The van der Waals surface area contributed by atoms with Crippen LogP contribution in [0.2, 0.25) is 0 Å². The molecule has 1 aromatic carbocycles. The molecule has 0 aliphatic carbocycles. The van der Waals surface area contributed by atoms with E-state index < -0.39 is 0 Å². The Balaban J connectivity index is 2.08. The average molecular weight is 261 g/mol. The van der Waals surface area contributed by atoms with Gasteiger partial charge in [0, 0.05) is 12.6 Å². The van der Waals surface area contributed by atoms with Crippen LogP contribution < -0.4 is 0 Å². The maximum atomic E-state index is 10.5. The number of benzene rings is 1. The van der Waals surface area contributed by atoms with Crippen molar-refractivity contribution in [2.75, 3.05) is 13.1 Å². The maximum Gasteiger partial charge on any atom is 0.0919 e. The summed E-state index contributed by atoms with van der Waals surface area (Å²) in [5.74, 6) is 0.736. The molecule has 3 unspecified atom stereocenters. The van der Waals surface area contributed by atoms with Crippen molar-refractivity contribution in [3.05, 3.63) is 34.9 Å². The fraction of sp³-hybridized carbons (Fsp3) is 0.647. The van der Waals surface area contributed by atoms with Crippen LogP contribution >= 0.6 is 0 Å². The Morgan fingerprint density at radius 1 is 1.32 bits per heavy atom. The minimum Gasteiger partial charge on any atom is -0.387 e. The first-order chi connectivity index (χ1) is 8.99. The summed E-state index contributed by atoms with van der Waals surface area (Å²) in [5.41, 5.74) is 3.50. The normalized spacial score (nSPS) is 26.4. The number of hydrogen-bond donors (Lipinski definition) is 1. The zero-order valence-corrected chi connectivity index (χ0v) is 12.7. The highest BCUT2D eigenvalue weighted by Gasteiger charge is 2.26. The lowest BCUT2D eigenvalue weighted by Gasteiger charge is -2.39. The van der Waals surface area contributed by atoms with Gasteiger partial charge in [-0.3, -0.25) is 4.90 Å². The van der Waals surface area contributed by atoms with Gasteiger partial charge in [-0.1, -0.05) is 30.7 Å². The number of likely N-dealkylation sites (tertiary alicyclic amines) is 1. The monoisotopic (exact) mass is 261 g/mol. The van der Waals surface area contributed by atoms with Crippen LogP contribution in [0, 0.1) is 19.8 Å². The van der Waals surface area contributed by atoms with Crippen LogP contribution in [-0.2, 0) is 0 Å². The van der Waals surface area contributed by atoms with E-state index in [1.807, 2.05) is 0 Å². The Kier molecular flexibility index (Phi) is 4.64. The van der Waals surface area contributed by atoms with Gasteiger partial charge in [-0.05, 0) is 57.2 Å². The summed E-state index contributed by atoms with van der Waals surface area (Å²) in [6, 6.07) is 6.92. The van der Waals surface area contributed by atoms with Crippen molar-refractivity contribution < 1.29 is 5.11 Å². The number of rotatable bonds is 3. The van der Waals surface area contributed by atoms with Crippen molar-refractivity contribution in [1.29, 1.82) is 0 Å². The minimum absolute atomic E-state index is 0.368. The highest BCUT2D eigenvalue weighted by atomic mass is 16.3. The molecule has 0 spiro atoms. The number of nitrogens with zero attached hydrogens (tertiary/aromatic N) is 1. The van der Waals surface area contributed by atoms with E-state index in [9.17, 15) is 5.11 Å². The van der Waals surface area contributed by atoms with Crippen LogP contribution in [0.3, 0.4) is 0 Å². The number of aliphatic hydroxyl groups is 1. The van der Waals surface area contributed by atoms with E-state index in [0.717, 1.165) is 24.6 Å². The van der Waals surface area contributed by atoms with Crippen LogP contribution in [0.25, 0.3) is 0 Å². The van der Waals surface area contributed by atoms with E-state index in [1.165, 1.54) is 24.0 Å². The predicted octanol–water partition coefficient (Wildman–Crippen LogP) is 3.46. The minimum atomic E-state index is -0.368. The van der Waals surface area contributed by atoms with E-state index in [2.05, 4.69) is 50.8 Å². The summed E-state index contributed by atoms with van der Waals surface area (Å²) in [5, 5.41) is 10.5. The van der Waals surface area contributed by atoms with Gasteiger partial charge in [0.1, 0.15) is 0 Å². The third-order valence-corrected chi connectivity index (χ3v) is 4.71. The van der Waals surface area contributed by atoms with Crippen molar-refractivity contribution in [3.8, 4) is 0 Å². The van der Waals surface area contributed by atoms with E-state index >= 15 is 0 Å². The van der Waals surface area contributed by atoms with Gasteiger partial charge < -0.3 is 5.11 Å². The van der Waals surface area contributed by atoms with Crippen molar-refractivity contribution in [2.45, 2.75) is 52.7 Å². The molecule has 1 N–H and O–H groups in total. The molecule has 106 valence electrons. The summed E-state index contributed by atoms with van der Waals surface area (Å²) in [7, 11) is 0. The molecule has 1 heterocycles. The number of hydrogen-bond acceptors (Lipinski definition) is 2. The third kappa shape index (κ3) is 3.37. The lowest BCUT2D eigenvalue weighted by molar-refractivity contribution is 0.0510. The van der Waals surface area contributed by atoms with Crippen molar-refractivity contribution in [3.63, 3.8) is 0 Å². The fourth-order valence-corrected chi connectivity index (χ4v) is 3.12. The summed E-state index contributed by atoms with van der Waals surface area (Å²) in [6.07, 6.45) is 2.20. The average Bonchev–Trinajstić information content (AvgIpc) is 2.38. The number of piperidine rings is 1. The van der Waals surface area contributed by atoms with Gasteiger partial charge in [-0.25, -0.2) is 0 Å². The molecule has 1 aliphatic heterocycles. The molecule has 0 saturated carbocycles. The van der Waals surface area contributed by atoms with Gasteiger partial charge in [0.25, 0.3) is 0 Å². The number of β-amino-alcohol motifs (C(OH)–C–C–N with tert-alkyl or cyclic N) is 1. The SMILES string of the molecule is Cc1ccc(C)c(C(O)CN2CCCC(C)C2C)c1. The van der Waals surface area contributed by atoms with Gasteiger partial charge in [-0.2, -0.15) is 0 Å². The van der Waals surface area contributed by atoms with Gasteiger partial charge in [-0.15, -0.1) is 0 Å². The molecule has 0 radical (unpaired) electrons. The maximum absolute atomic E-state index is 10.5. The molecule has 0 amide bonds. The zero-order valence-electron chi connectivity index (χ0n) is 12.7. The Morgan fingerprint density at radius 3 is 2.79 bits per heavy atom. The van der Waals surface area contributed by atoms with Crippen LogP contribution in [0.5, 0.6) is 0 Å². The smallest absolute Gasteiger partial charge is 0.0919 e. The molecule has 2 rings (SSSR count). The predicted molar refractivity (Wildman–Crippen MR) is 80.3 cm³/mol. The van der Waals surface area contributed by atoms with Gasteiger partial charge in [0.05, 0.1) is 6.10 Å². The van der Waals surface area contributed by atoms with Crippen LogP contribution in [0.1, 0.15) is 49.5 Å². The van der Waals surface area contributed by atoms with Gasteiger partial charge in [0.2, 0.25) is 0 Å². The molecule has 1 aromatic rings. The molecule has 19 heavy (non-hydrogen) atoms. The molecule has 2 nitrogen and oxygen atoms in total. The molecule has 1 saturated heterocycles. The van der Waals surface area contributed by atoms with E-state index in [4.69, 9.17) is 0 Å². The van der Waals surface area contributed by atoms with Crippen molar-refractivity contribution in [1.82, 2.24) is 4.90 Å². The van der Waals surface area contributed by atoms with Crippen LogP contribution in [-0.4, -0.2) is 29.1 Å². The zero-order chi connectivity index (χ0) is 14.0. The number of aryl methyl sites for hydroxylation is 2. The molecule has 1 aliphatic rings. The summed E-state index contributed by atoms with van der Waals surface area (Å²) in [6.45, 7) is 10.7. The quantitative estimate of drug-likeness (QED) is 0.900. The largest absolute Gasteiger partial charge is 0.387 e. The Bertz CT molecular complexity index is 429. The second-order valence-electron chi connectivity index (χ2n) is 6.23. The fourth-order valence-electron chi connectivity index (χ4n) is 3.12. The summed E-state index contributed by atoms with van der Waals surface area (Å²) in [4.78, 5) is 2.45. The van der Waals surface area contributed by atoms with Gasteiger partial charge >= 0.3 is 0 Å². The van der Waals surface area contributed by atoms with E-state index in [0.29, 0.717) is 6.04 Å². The molecule has 0 bridgehead atoms. The highest BCUT2D eigenvalue weighted by molar-refractivity contribution is 5.32. The molecule has 2 heteroatoms. The Labute approximate surface area is 117 Å². The first kappa shape index (κ1) is 14.5. The molecular weight excluding hydrogens is 234 g/mol. The number of aliphatic hydroxyl groups excluding tert-OH is 1. The molecule has 1 fully saturated rings. The summed E-state index contributed by atoms with van der Waals surface area (Å²) < 4.78 is 0. The third-order valence-electron chi connectivity index (χ3n) is 4.71. The molecule has 3 atom stereocenters. The highest BCUT2D eigenvalue weighted by Crippen LogP contribution is 2.26. The summed E-state index contributed by atoms with van der Waals surface area (Å²) >= 11 is 0. The second-order valence-corrected chi connectivity index (χ2v) is 6.23. The van der Waals surface area contributed by atoms with E-state index in [-0.39, 0.29) is 6.10 Å². The first-order valence-electron chi connectivity index (χ1n) is 7.48. The molecular formula is C17H27NO. The second kappa shape index (κ2) is 6.06. The van der Waals surface area contributed by atoms with Crippen molar-refractivity contribution >= 4 is 0 Å². The Hall–Kier alpha value is -0.860. The topological polar surface area (TPSA) is 23.5 Å². The van der Waals surface area contributed by atoms with Crippen LogP contribution in [0.4, 0.5) is 0 Å². The van der Waals surface area contributed by atoms with Crippen molar-refractivity contribution in [2.24, 2.45) is 5.92 Å². The standard InChI is InChI=1S/C17H27NO/c1-12-7-8-14(3)16(10-12)17(19)11-18-9-5-6-13(2)15(18)4/h7-8,10,13,15,17,19H,5-6,9,11H2,1-4H3. The first-order valence-corrected chi connectivity index (χ1v) is 7.48. The molecule has 0 aromatic heterocycles. The Morgan fingerprint density at radius 2 is 2.05 bits per heavy atom. The van der Waals surface area contributed by atoms with Crippen LogP contribution in [0.15, 0.2) is 18.2 Å². The lowest BCUT2D eigenvalue weighted by atomic mass is 9.91. The van der Waals surface area contributed by atoms with Gasteiger partial charge in [0.15, 0.2) is 0 Å². The lowest BCUT2D eigenvalue weighted by Crippen LogP contribution is -2.44. The van der Waals surface area contributed by atoms with E-state index in [1.54, 1.807) is 0 Å².